The van der Waals surface area contributed by atoms with E-state index in [2.05, 4.69) is 15.4 Å². The van der Waals surface area contributed by atoms with Crippen molar-refractivity contribution in [2.45, 2.75) is 25.7 Å². The number of amides is 1. The van der Waals surface area contributed by atoms with Gasteiger partial charge in [-0.3, -0.25) is 14.6 Å². The number of aromatic nitrogens is 3. The molecule has 0 spiro atoms. The molecule has 0 aliphatic heterocycles. The van der Waals surface area contributed by atoms with Gasteiger partial charge >= 0.3 is 5.97 Å². The fraction of sp³-hybridized carbons (Fsp3) is 0.238. The first kappa shape index (κ1) is 20.5. The van der Waals surface area contributed by atoms with Gasteiger partial charge in [-0.25, -0.2) is 4.68 Å². The lowest BCUT2D eigenvalue weighted by atomic mass is 9.79. The van der Waals surface area contributed by atoms with E-state index in [9.17, 15) is 14.7 Å². The molecule has 3 rings (SSSR count). The second-order valence-corrected chi connectivity index (χ2v) is 7.52. The van der Waals surface area contributed by atoms with Gasteiger partial charge in [-0.2, -0.15) is 5.10 Å². The van der Waals surface area contributed by atoms with Gasteiger partial charge in [0.25, 0.3) is 5.91 Å². The molecule has 0 aliphatic rings. The molecule has 0 fully saturated rings. The Bertz CT molecular complexity index is 1020. The van der Waals surface area contributed by atoms with E-state index in [0.29, 0.717) is 16.3 Å². The molecular formula is C21H21ClN4O3. The van der Waals surface area contributed by atoms with Crippen LogP contribution in [0, 0.1) is 6.92 Å². The molecule has 2 aromatic heterocycles. The molecule has 0 saturated carbocycles. The first-order chi connectivity index (χ1) is 13.8. The number of halogens is 1. The number of carboxylic acids is 1. The minimum Gasteiger partial charge on any atom is -0.481 e. The van der Waals surface area contributed by atoms with Gasteiger partial charge in [-0.15, -0.1) is 0 Å². The van der Waals surface area contributed by atoms with Crippen molar-refractivity contribution in [1.29, 1.82) is 0 Å². The van der Waals surface area contributed by atoms with Gasteiger partial charge in [0.1, 0.15) is 0 Å². The maximum Gasteiger partial charge on any atom is 0.304 e. The zero-order valence-corrected chi connectivity index (χ0v) is 16.8. The molecule has 7 nitrogen and oxygen atoms in total. The Morgan fingerprint density at radius 1 is 1.17 bits per heavy atom. The quantitative estimate of drug-likeness (QED) is 0.620. The average Bonchev–Trinajstić information content (AvgIpc) is 3.08. The Morgan fingerprint density at radius 3 is 2.45 bits per heavy atom. The van der Waals surface area contributed by atoms with Crippen LogP contribution in [0.15, 0.2) is 55.0 Å². The zero-order valence-electron chi connectivity index (χ0n) is 16.1. The number of carbonyl (C=O) groups is 2. The number of nitrogens with one attached hydrogen (secondary N) is 1. The smallest absolute Gasteiger partial charge is 0.304 e. The maximum atomic E-state index is 12.8. The number of benzene rings is 1. The van der Waals surface area contributed by atoms with Crippen LogP contribution in [0.5, 0.6) is 0 Å². The number of aliphatic carboxylic acids is 1. The van der Waals surface area contributed by atoms with Gasteiger partial charge in [0.2, 0.25) is 0 Å². The molecular weight excluding hydrogens is 392 g/mol. The lowest BCUT2D eigenvalue weighted by Crippen LogP contribution is -2.40. The van der Waals surface area contributed by atoms with Crippen LogP contribution < -0.4 is 5.32 Å². The van der Waals surface area contributed by atoms with Crippen molar-refractivity contribution in [1.82, 2.24) is 20.1 Å². The first-order valence-corrected chi connectivity index (χ1v) is 9.39. The zero-order chi connectivity index (χ0) is 21.0. The van der Waals surface area contributed by atoms with Crippen LogP contribution in [0.2, 0.25) is 5.02 Å². The van der Waals surface area contributed by atoms with E-state index < -0.39 is 11.4 Å². The van der Waals surface area contributed by atoms with Crippen LogP contribution in [-0.4, -0.2) is 38.3 Å². The van der Waals surface area contributed by atoms with E-state index in [0.717, 1.165) is 11.3 Å². The molecule has 29 heavy (non-hydrogen) atoms. The van der Waals surface area contributed by atoms with Crippen molar-refractivity contribution in [3.05, 3.63) is 76.8 Å². The molecule has 1 amide bonds. The summed E-state index contributed by atoms with van der Waals surface area (Å²) in [5.74, 6) is -1.26. The van der Waals surface area contributed by atoms with Gasteiger partial charge in [0.15, 0.2) is 0 Å². The molecule has 1 aromatic carbocycles. The van der Waals surface area contributed by atoms with Gasteiger partial charge in [-0.05, 0) is 36.8 Å². The summed E-state index contributed by atoms with van der Waals surface area (Å²) < 4.78 is 1.66. The van der Waals surface area contributed by atoms with E-state index >= 15 is 0 Å². The first-order valence-electron chi connectivity index (χ1n) is 9.01. The van der Waals surface area contributed by atoms with Crippen LogP contribution in [0.1, 0.15) is 35.0 Å². The molecule has 0 saturated heterocycles. The Labute approximate surface area is 173 Å². The maximum absolute atomic E-state index is 12.8. The largest absolute Gasteiger partial charge is 0.481 e. The summed E-state index contributed by atoms with van der Waals surface area (Å²) >= 11 is 5.95. The molecule has 150 valence electrons. The van der Waals surface area contributed by atoms with E-state index in [-0.39, 0.29) is 18.9 Å². The van der Waals surface area contributed by atoms with Gasteiger partial charge < -0.3 is 10.4 Å². The Balaban J connectivity index is 1.80. The number of carbonyl (C=O) groups excluding carboxylic acids is 1. The molecule has 0 radical (unpaired) electrons. The molecule has 0 bridgehead atoms. The minimum atomic E-state index is -0.946. The molecule has 3 aromatic rings. The topological polar surface area (TPSA) is 97.1 Å². The van der Waals surface area contributed by atoms with E-state index in [4.69, 9.17) is 11.6 Å². The normalized spacial score (nSPS) is 12.9. The number of rotatable bonds is 7. The fourth-order valence-electron chi connectivity index (χ4n) is 3.20. The number of pyridine rings is 1. The molecule has 1 unspecified atom stereocenters. The van der Waals surface area contributed by atoms with Gasteiger partial charge in [0.05, 0.1) is 29.6 Å². The highest BCUT2D eigenvalue weighted by Crippen LogP contribution is 2.28. The summed E-state index contributed by atoms with van der Waals surface area (Å²) in [5, 5.41) is 17.1. The fourth-order valence-corrected chi connectivity index (χ4v) is 3.33. The lowest BCUT2D eigenvalue weighted by Gasteiger charge is -2.29. The van der Waals surface area contributed by atoms with Crippen LogP contribution >= 0.6 is 11.6 Å². The van der Waals surface area contributed by atoms with Gasteiger partial charge in [-0.1, -0.05) is 30.7 Å². The highest BCUT2D eigenvalue weighted by molar-refractivity contribution is 6.30. The molecule has 1 atom stereocenters. The van der Waals surface area contributed by atoms with E-state index in [1.807, 2.05) is 0 Å². The van der Waals surface area contributed by atoms with Crippen molar-refractivity contribution in [3.8, 4) is 5.69 Å². The third-order valence-corrected chi connectivity index (χ3v) is 5.14. The predicted octanol–water partition coefficient (Wildman–Crippen LogP) is 3.39. The molecule has 2 heterocycles. The minimum absolute atomic E-state index is 0.135. The number of hydrogen-bond acceptors (Lipinski definition) is 4. The summed E-state index contributed by atoms with van der Waals surface area (Å²) in [6.45, 7) is 3.76. The Kier molecular flexibility index (Phi) is 5.98. The van der Waals surface area contributed by atoms with Crippen molar-refractivity contribution in [2.75, 3.05) is 6.54 Å². The standard InChI is InChI=1S/C21H21ClN4O3/c1-14-18(12-25-26(14)17-7-9-23-10-8-17)20(29)24-13-21(2,11-19(27)28)15-3-5-16(22)6-4-15/h3-10,12H,11,13H2,1-2H3,(H,24,29)(H,27,28). The van der Waals surface area contributed by atoms with Crippen LogP contribution in [0.4, 0.5) is 0 Å². The summed E-state index contributed by atoms with van der Waals surface area (Å²) in [5.41, 5.74) is 1.90. The third kappa shape index (κ3) is 4.63. The van der Waals surface area contributed by atoms with E-state index in [1.165, 1.54) is 6.20 Å². The van der Waals surface area contributed by atoms with E-state index in [1.54, 1.807) is 67.3 Å². The summed E-state index contributed by atoms with van der Waals surface area (Å²) in [4.78, 5) is 28.2. The monoisotopic (exact) mass is 412 g/mol. The molecule has 0 aliphatic carbocycles. The second kappa shape index (κ2) is 8.45. The SMILES string of the molecule is Cc1c(C(=O)NCC(C)(CC(=O)O)c2ccc(Cl)cc2)cnn1-c1ccncc1. The molecule has 2 N–H and O–H groups in total. The van der Waals surface area contributed by atoms with Crippen LogP contribution in [-0.2, 0) is 10.2 Å². The van der Waals surface area contributed by atoms with Crippen molar-refractivity contribution >= 4 is 23.5 Å². The summed E-state index contributed by atoms with van der Waals surface area (Å²) in [6.07, 6.45) is 4.67. The number of hydrogen-bond donors (Lipinski definition) is 2. The van der Waals surface area contributed by atoms with Crippen LogP contribution in [0.3, 0.4) is 0 Å². The summed E-state index contributed by atoms with van der Waals surface area (Å²) in [7, 11) is 0. The second-order valence-electron chi connectivity index (χ2n) is 7.08. The Hall–Kier alpha value is -3.19. The average molecular weight is 413 g/mol. The number of nitrogens with zero attached hydrogens (tertiary/aromatic N) is 3. The number of carboxylic acid groups (broad SMARTS) is 1. The lowest BCUT2D eigenvalue weighted by molar-refractivity contribution is -0.138. The highest BCUT2D eigenvalue weighted by Gasteiger charge is 2.31. The third-order valence-electron chi connectivity index (χ3n) is 4.88. The van der Waals surface area contributed by atoms with Crippen molar-refractivity contribution in [2.24, 2.45) is 0 Å². The van der Waals surface area contributed by atoms with Crippen molar-refractivity contribution in [3.63, 3.8) is 0 Å². The Morgan fingerprint density at radius 2 is 1.83 bits per heavy atom. The predicted molar refractivity (Wildman–Crippen MR) is 109 cm³/mol. The van der Waals surface area contributed by atoms with Crippen molar-refractivity contribution < 1.29 is 14.7 Å². The highest BCUT2D eigenvalue weighted by atomic mass is 35.5. The molecule has 8 heteroatoms. The summed E-state index contributed by atoms with van der Waals surface area (Å²) in [6, 6.07) is 10.6. The van der Waals surface area contributed by atoms with Crippen LogP contribution in [0.25, 0.3) is 5.69 Å². The van der Waals surface area contributed by atoms with Gasteiger partial charge in [0, 0.05) is 29.4 Å².